The van der Waals surface area contributed by atoms with Gasteiger partial charge in [-0.2, -0.15) is 23.4 Å². The van der Waals surface area contributed by atoms with Gasteiger partial charge in [-0.25, -0.2) is 9.78 Å². The molecule has 46 heavy (non-hydrogen) atoms. The number of para-hydroxylation sites is 1. The van der Waals surface area contributed by atoms with Gasteiger partial charge in [-0.05, 0) is 69.9 Å². The van der Waals surface area contributed by atoms with Crippen molar-refractivity contribution in [2.75, 3.05) is 29.9 Å². The molecule has 1 atom stereocenters. The van der Waals surface area contributed by atoms with E-state index in [9.17, 15) is 14.7 Å². The summed E-state index contributed by atoms with van der Waals surface area (Å²) in [7, 11) is 0. The van der Waals surface area contributed by atoms with Crippen LogP contribution in [0.15, 0.2) is 66.3 Å². The zero-order valence-corrected chi connectivity index (χ0v) is 26.2. The molecule has 0 saturated carbocycles. The Kier molecular flexibility index (Phi) is 9.47. The number of thiazole rings is 1. The molecule has 0 radical (unpaired) electrons. The Balaban J connectivity index is 1.54. The molecule has 2 amide bonds. The number of amides is 2. The molecule has 5 rings (SSSR count). The van der Waals surface area contributed by atoms with Crippen LogP contribution in [0, 0.1) is 5.92 Å². The summed E-state index contributed by atoms with van der Waals surface area (Å²) in [4.78, 5) is 32.7. The third-order valence-electron chi connectivity index (χ3n) is 7.53. The van der Waals surface area contributed by atoms with Gasteiger partial charge in [0, 0.05) is 36.1 Å². The molecule has 14 heteroatoms. The average Bonchev–Trinajstić information content (AvgIpc) is 3.51. The number of nitrogens with zero attached hydrogens (tertiary/aromatic N) is 5. The molecule has 10 nitrogen and oxygen atoms in total. The largest absolute Gasteiger partial charge is 0.465 e. The summed E-state index contributed by atoms with van der Waals surface area (Å²) < 4.78 is 50.9. The Hall–Kier alpha value is -4.72. The normalized spacial score (nSPS) is 15.3. The maximum absolute atomic E-state index is 15.0. The summed E-state index contributed by atoms with van der Waals surface area (Å²) in [5.41, 5.74) is -1.38. The number of halogens is 3. The van der Waals surface area contributed by atoms with Crippen molar-refractivity contribution in [3.63, 3.8) is 0 Å². The number of carbonyl (C=O) groups is 2. The zero-order chi connectivity index (χ0) is 33.1. The standard InChI is InChI=1S/C32H33F3N6O4S/c1-31(2,3)41(30(43)44)18-20-8-7-15-40(17-20)27-23(38-28(42)24-19-46-29(39-24)21-13-14-36-37-16-21)11-12-25(26(27)32(33,34)35)45-22-9-5-4-6-10-22/h4-6,9-14,16,19-20H,7-8,15,17-18H2,1-3H3,(H,38,42)(H,43,44)/t20-/m0/s1. The van der Waals surface area contributed by atoms with Crippen LogP contribution in [0.4, 0.5) is 29.3 Å². The van der Waals surface area contributed by atoms with Crippen molar-refractivity contribution in [2.45, 2.75) is 45.3 Å². The topological polar surface area (TPSA) is 121 Å². The number of piperidine rings is 1. The fraction of sp³-hybridized carbons (Fsp3) is 0.344. The van der Waals surface area contributed by atoms with Crippen LogP contribution < -0.4 is 15.0 Å². The van der Waals surface area contributed by atoms with Gasteiger partial charge in [0.15, 0.2) is 0 Å². The van der Waals surface area contributed by atoms with Crippen LogP contribution in [-0.4, -0.2) is 62.4 Å². The highest BCUT2D eigenvalue weighted by molar-refractivity contribution is 7.13. The minimum atomic E-state index is -4.87. The van der Waals surface area contributed by atoms with Crippen molar-refractivity contribution in [1.29, 1.82) is 0 Å². The summed E-state index contributed by atoms with van der Waals surface area (Å²) in [6.07, 6.45) is -1.83. The van der Waals surface area contributed by atoms with Crippen molar-refractivity contribution in [2.24, 2.45) is 5.92 Å². The van der Waals surface area contributed by atoms with Crippen molar-refractivity contribution in [1.82, 2.24) is 20.1 Å². The van der Waals surface area contributed by atoms with Crippen molar-refractivity contribution in [3.05, 3.63) is 77.6 Å². The summed E-state index contributed by atoms with van der Waals surface area (Å²) >= 11 is 1.19. The molecule has 1 aliphatic rings. The van der Waals surface area contributed by atoms with E-state index in [1.807, 2.05) is 0 Å². The second-order valence-corrected chi connectivity index (χ2v) is 12.7. The predicted octanol–water partition coefficient (Wildman–Crippen LogP) is 7.66. The molecule has 3 heterocycles. The lowest BCUT2D eigenvalue weighted by atomic mass is 9.93. The highest BCUT2D eigenvalue weighted by Gasteiger charge is 2.42. The first-order valence-corrected chi connectivity index (χ1v) is 15.5. The van der Waals surface area contributed by atoms with Gasteiger partial charge in [0.05, 0.1) is 23.8 Å². The number of rotatable bonds is 8. The van der Waals surface area contributed by atoms with Crippen LogP contribution in [-0.2, 0) is 6.18 Å². The lowest BCUT2D eigenvalue weighted by molar-refractivity contribution is -0.138. The van der Waals surface area contributed by atoms with E-state index in [0.29, 0.717) is 23.4 Å². The second kappa shape index (κ2) is 13.3. The summed E-state index contributed by atoms with van der Waals surface area (Å²) in [5.74, 6) is -1.15. The van der Waals surface area contributed by atoms with E-state index in [4.69, 9.17) is 4.74 Å². The van der Waals surface area contributed by atoms with Crippen LogP contribution in [0.5, 0.6) is 11.5 Å². The molecule has 1 fully saturated rings. The smallest absolute Gasteiger partial charge is 0.422 e. The van der Waals surface area contributed by atoms with Crippen LogP contribution >= 0.6 is 11.3 Å². The first-order chi connectivity index (χ1) is 21.8. The molecule has 0 unspecified atom stereocenters. The van der Waals surface area contributed by atoms with Gasteiger partial charge >= 0.3 is 12.3 Å². The number of hydrogen-bond donors (Lipinski definition) is 2. The van der Waals surface area contributed by atoms with E-state index in [2.05, 4.69) is 20.5 Å². The second-order valence-electron chi connectivity index (χ2n) is 11.9. The molecule has 2 aromatic carbocycles. The van der Waals surface area contributed by atoms with Gasteiger partial charge in [0.2, 0.25) is 0 Å². The first-order valence-electron chi connectivity index (χ1n) is 14.6. The maximum atomic E-state index is 15.0. The molecular weight excluding hydrogens is 621 g/mol. The van der Waals surface area contributed by atoms with Gasteiger partial charge in [0.25, 0.3) is 5.91 Å². The van der Waals surface area contributed by atoms with E-state index in [0.717, 1.165) is 0 Å². The number of carboxylic acid groups (broad SMARTS) is 1. The predicted molar refractivity (Wildman–Crippen MR) is 168 cm³/mol. The number of nitrogens with one attached hydrogen (secondary N) is 1. The molecule has 2 aromatic heterocycles. The molecule has 1 aliphatic heterocycles. The van der Waals surface area contributed by atoms with E-state index in [1.54, 1.807) is 62.1 Å². The van der Waals surface area contributed by atoms with Crippen LogP contribution in [0.3, 0.4) is 0 Å². The number of anilines is 2. The van der Waals surface area contributed by atoms with Gasteiger partial charge in [-0.15, -0.1) is 11.3 Å². The van der Waals surface area contributed by atoms with Gasteiger partial charge in [0.1, 0.15) is 27.8 Å². The summed E-state index contributed by atoms with van der Waals surface area (Å²) in [6, 6.07) is 12.4. The summed E-state index contributed by atoms with van der Waals surface area (Å²) in [5, 5.41) is 22.1. The number of carbonyl (C=O) groups excluding carboxylic acids is 1. The Labute approximate surface area is 267 Å². The lowest BCUT2D eigenvalue weighted by Crippen LogP contribution is -2.50. The zero-order valence-electron chi connectivity index (χ0n) is 25.4. The lowest BCUT2D eigenvalue weighted by Gasteiger charge is -2.41. The average molecular weight is 655 g/mol. The van der Waals surface area contributed by atoms with Crippen molar-refractivity contribution < 1.29 is 32.6 Å². The SMILES string of the molecule is CC(C)(C)N(C[C@H]1CCCN(c2c(NC(=O)c3csc(-c4ccnnc4)n3)ccc(Oc3ccccc3)c2C(F)(F)F)C1)C(=O)O. The van der Waals surface area contributed by atoms with Crippen molar-refractivity contribution in [3.8, 4) is 22.1 Å². The minimum absolute atomic E-state index is 0.0275. The van der Waals surface area contributed by atoms with E-state index < -0.39 is 35.0 Å². The van der Waals surface area contributed by atoms with E-state index in [1.165, 1.54) is 46.1 Å². The third kappa shape index (κ3) is 7.56. The number of benzene rings is 2. The Morgan fingerprint density at radius 3 is 2.52 bits per heavy atom. The Morgan fingerprint density at radius 1 is 1.11 bits per heavy atom. The fourth-order valence-electron chi connectivity index (χ4n) is 5.40. The highest BCUT2D eigenvalue weighted by atomic mass is 32.1. The fourth-order valence-corrected chi connectivity index (χ4v) is 6.20. The molecule has 242 valence electrons. The first kappa shape index (κ1) is 32.7. The third-order valence-corrected chi connectivity index (χ3v) is 8.42. The van der Waals surface area contributed by atoms with Gasteiger partial charge < -0.3 is 25.0 Å². The maximum Gasteiger partial charge on any atom is 0.422 e. The molecule has 0 spiro atoms. The monoisotopic (exact) mass is 654 g/mol. The molecule has 0 bridgehead atoms. The molecule has 2 N–H and O–H groups in total. The Morgan fingerprint density at radius 2 is 1.87 bits per heavy atom. The molecule has 0 aliphatic carbocycles. The summed E-state index contributed by atoms with van der Waals surface area (Å²) in [6.45, 7) is 5.86. The molecule has 4 aromatic rings. The molecule has 1 saturated heterocycles. The highest BCUT2D eigenvalue weighted by Crippen LogP contribution is 2.48. The quantitative estimate of drug-likeness (QED) is 0.199. The number of ether oxygens (including phenoxy) is 1. The van der Waals surface area contributed by atoms with Crippen LogP contribution in [0.1, 0.15) is 49.7 Å². The Bertz CT molecular complexity index is 1680. The van der Waals surface area contributed by atoms with Crippen LogP contribution in [0.2, 0.25) is 0 Å². The minimum Gasteiger partial charge on any atom is -0.465 e. The number of hydrogen-bond acceptors (Lipinski definition) is 8. The van der Waals surface area contributed by atoms with Crippen molar-refractivity contribution >= 4 is 34.7 Å². The van der Waals surface area contributed by atoms with Gasteiger partial charge in [-0.1, -0.05) is 18.2 Å². The number of aromatic nitrogens is 3. The van der Waals surface area contributed by atoms with E-state index in [-0.39, 0.29) is 48.4 Å². The number of alkyl halides is 3. The molecular formula is C32H33F3N6O4S. The van der Waals surface area contributed by atoms with E-state index >= 15 is 13.2 Å². The van der Waals surface area contributed by atoms with Crippen LogP contribution in [0.25, 0.3) is 10.6 Å². The van der Waals surface area contributed by atoms with Gasteiger partial charge in [-0.3, -0.25) is 4.79 Å².